The molecule has 2 aromatic heterocycles. The Morgan fingerprint density at radius 3 is 2.85 bits per heavy atom. The van der Waals surface area contributed by atoms with E-state index in [9.17, 15) is 4.79 Å². The number of pyridine rings is 1. The zero-order chi connectivity index (χ0) is 19.2. The molecule has 1 atom stereocenters. The Kier molecular flexibility index (Phi) is 6.34. The van der Waals surface area contributed by atoms with Gasteiger partial charge in [-0.15, -0.1) is 10.2 Å². The van der Waals surface area contributed by atoms with Gasteiger partial charge in [-0.3, -0.25) is 9.20 Å². The summed E-state index contributed by atoms with van der Waals surface area (Å²) in [5.74, 6) is 2.16. The first-order valence-corrected chi connectivity index (χ1v) is 10.3. The number of rotatable bonds is 8. The van der Waals surface area contributed by atoms with Crippen LogP contribution >= 0.6 is 11.8 Å². The maximum absolute atomic E-state index is 12.5. The fourth-order valence-corrected chi connectivity index (χ4v) is 3.26. The van der Waals surface area contributed by atoms with Crippen LogP contribution in [0, 0.1) is 13.8 Å². The van der Waals surface area contributed by atoms with Crippen molar-refractivity contribution in [2.45, 2.75) is 26.3 Å². The van der Waals surface area contributed by atoms with E-state index in [0.29, 0.717) is 5.75 Å². The lowest BCUT2D eigenvalue weighted by Crippen LogP contribution is -2.34. The van der Waals surface area contributed by atoms with Crippen molar-refractivity contribution in [1.82, 2.24) is 19.9 Å². The van der Waals surface area contributed by atoms with Crippen LogP contribution < -0.4 is 10.1 Å². The Balaban J connectivity index is 1.68. The van der Waals surface area contributed by atoms with Crippen LogP contribution in [-0.2, 0) is 4.79 Å². The average Bonchev–Trinajstić information content (AvgIpc) is 3.10. The van der Waals surface area contributed by atoms with E-state index in [4.69, 9.17) is 4.74 Å². The molecule has 0 fully saturated rings. The van der Waals surface area contributed by atoms with Gasteiger partial charge in [0, 0.05) is 6.20 Å². The lowest BCUT2D eigenvalue weighted by molar-refractivity contribution is -0.123. The number of benzene rings is 1. The molecule has 0 aliphatic carbocycles. The van der Waals surface area contributed by atoms with E-state index < -0.39 is 0 Å². The molecule has 1 N–H and O–H groups in total. The molecule has 3 aromatic rings. The fourth-order valence-electron chi connectivity index (χ4n) is 2.79. The zero-order valence-corrected chi connectivity index (χ0v) is 16.6. The highest BCUT2D eigenvalue weighted by molar-refractivity contribution is 7.98. The van der Waals surface area contributed by atoms with E-state index in [0.717, 1.165) is 29.2 Å². The van der Waals surface area contributed by atoms with E-state index in [1.807, 2.05) is 67.1 Å². The summed E-state index contributed by atoms with van der Waals surface area (Å²) in [6, 6.07) is 11.3. The summed E-state index contributed by atoms with van der Waals surface area (Å²) < 4.78 is 7.57. The van der Waals surface area contributed by atoms with E-state index in [-0.39, 0.29) is 18.6 Å². The minimum absolute atomic E-state index is 0.0327. The van der Waals surface area contributed by atoms with Gasteiger partial charge in [0.25, 0.3) is 5.91 Å². The van der Waals surface area contributed by atoms with Crippen molar-refractivity contribution in [3.63, 3.8) is 0 Å². The molecule has 27 heavy (non-hydrogen) atoms. The molecule has 6 nitrogen and oxygen atoms in total. The molecule has 0 aliphatic rings. The van der Waals surface area contributed by atoms with Crippen LogP contribution in [0.2, 0.25) is 0 Å². The molecule has 2 heterocycles. The average molecular weight is 385 g/mol. The molecular formula is C20H24N4O2S. The second kappa shape index (κ2) is 8.90. The summed E-state index contributed by atoms with van der Waals surface area (Å²) >= 11 is 1.73. The lowest BCUT2D eigenvalue weighted by atomic mass is 10.1. The van der Waals surface area contributed by atoms with Gasteiger partial charge in [0.1, 0.15) is 5.75 Å². The minimum Gasteiger partial charge on any atom is -0.484 e. The van der Waals surface area contributed by atoms with Crippen LogP contribution in [0.3, 0.4) is 0 Å². The first kappa shape index (κ1) is 19.2. The Hall–Kier alpha value is -2.54. The van der Waals surface area contributed by atoms with Crippen LogP contribution in [0.5, 0.6) is 5.75 Å². The second-order valence-electron chi connectivity index (χ2n) is 6.42. The Labute approximate surface area is 163 Å². The molecule has 1 unspecified atom stereocenters. The molecular weight excluding hydrogens is 360 g/mol. The zero-order valence-electron chi connectivity index (χ0n) is 15.8. The molecule has 7 heteroatoms. The van der Waals surface area contributed by atoms with E-state index >= 15 is 0 Å². The van der Waals surface area contributed by atoms with Gasteiger partial charge < -0.3 is 10.1 Å². The summed E-state index contributed by atoms with van der Waals surface area (Å²) in [7, 11) is 0. The predicted molar refractivity (Wildman–Crippen MR) is 108 cm³/mol. The number of hydrogen-bond donors (Lipinski definition) is 1. The molecule has 0 saturated heterocycles. The molecule has 1 aromatic carbocycles. The molecule has 142 valence electrons. The van der Waals surface area contributed by atoms with Gasteiger partial charge in [-0.05, 0) is 67.7 Å². The highest BCUT2D eigenvalue weighted by Crippen LogP contribution is 2.19. The molecule has 1 amide bonds. The van der Waals surface area contributed by atoms with Crippen molar-refractivity contribution in [3.05, 3.63) is 59.5 Å². The number of carbonyl (C=O) groups excluding carboxylic acids is 1. The minimum atomic E-state index is -0.217. The topological polar surface area (TPSA) is 68.5 Å². The van der Waals surface area contributed by atoms with Crippen molar-refractivity contribution in [3.8, 4) is 5.75 Å². The van der Waals surface area contributed by atoms with Gasteiger partial charge in [-0.25, -0.2) is 0 Å². The van der Waals surface area contributed by atoms with Crippen LogP contribution in [0.15, 0.2) is 42.6 Å². The van der Waals surface area contributed by atoms with Crippen LogP contribution in [0.4, 0.5) is 0 Å². The number of aromatic nitrogens is 3. The Morgan fingerprint density at radius 2 is 2.07 bits per heavy atom. The quantitative estimate of drug-likeness (QED) is 0.645. The number of thioether (sulfide) groups is 1. The number of hydrogen-bond acceptors (Lipinski definition) is 5. The summed E-state index contributed by atoms with van der Waals surface area (Å²) in [5, 5.41) is 11.5. The third-order valence-electron chi connectivity index (χ3n) is 4.45. The first-order chi connectivity index (χ1) is 13.1. The maximum Gasteiger partial charge on any atom is 0.258 e. The number of carbonyl (C=O) groups is 1. The number of aryl methyl sites for hydroxylation is 2. The summed E-state index contributed by atoms with van der Waals surface area (Å²) in [5.41, 5.74) is 3.10. The molecule has 0 bridgehead atoms. The third kappa shape index (κ3) is 4.80. The molecule has 0 radical (unpaired) electrons. The van der Waals surface area contributed by atoms with Gasteiger partial charge >= 0.3 is 0 Å². The van der Waals surface area contributed by atoms with Gasteiger partial charge in [-0.2, -0.15) is 11.8 Å². The van der Waals surface area contributed by atoms with Crippen LogP contribution in [0.25, 0.3) is 5.65 Å². The monoisotopic (exact) mass is 384 g/mol. The second-order valence-corrected chi connectivity index (χ2v) is 7.41. The molecule has 0 saturated carbocycles. The van der Waals surface area contributed by atoms with Gasteiger partial charge in [0.2, 0.25) is 0 Å². The smallest absolute Gasteiger partial charge is 0.258 e. The van der Waals surface area contributed by atoms with Crippen molar-refractivity contribution in [1.29, 1.82) is 0 Å². The maximum atomic E-state index is 12.5. The number of nitrogens with one attached hydrogen (secondary N) is 1. The summed E-state index contributed by atoms with van der Waals surface area (Å²) in [6.45, 7) is 4.04. The van der Waals surface area contributed by atoms with Gasteiger partial charge in [0.15, 0.2) is 18.1 Å². The highest BCUT2D eigenvalue weighted by atomic mass is 32.2. The van der Waals surface area contributed by atoms with Crippen LogP contribution in [-0.4, -0.2) is 39.1 Å². The summed E-state index contributed by atoms with van der Waals surface area (Å²) in [4.78, 5) is 12.5. The molecule has 3 rings (SSSR count). The van der Waals surface area contributed by atoms with Crippen molar-refractivity contribution >= 4 is 23.3 Å². The van der Waals surface area contributed by atoms with Crippen molar-refractivity contribution in [2.24, 2.45) is 0 Å². The first-order valence-electron chi connectivity index (χ1n) is 8.86. The van der Waals surface area contributed by atoms with E-state index in [2.05, 4.69) is 15.5 Å². The van der Waals surface area contributed by atoms with Crippen LogP contribution in [0.1, 0.15) is 29.4 Å². The van der Waals surface area contributed by atoms with Gasteiger partial charge in [0.05, 0.1) is 6.04 Å². The van der Waals surface area contributed by atoms with Gasteiger partial charge in [-0.1, -0.05) is 12.1 Å². The normalized spacial score (nSPS) is 12.1. The van der Waals surface area contributed by atoms with E-state index in [1.54, 1.807) is 11.8 Å². The number of nitrogens with zero attached hydrogens (tertiary/aromatic N) is 3. The predicted octanol–water partition coefficient (Wildman–Crippen LogP) is 3.34. The number of fused-ring (bicyclic) bond motifs is 1. The SMILES string of the molecule is CSCCC(NC(=O)COc1ccc(C)c(C)c1)c1nnc2ccccn12. The fraction of sp³-hybridized carbons (Fsp3) is 0.350. The Bertz CT molecular complexity index is 925. The third-order valence-corrected chi connectivity index (χ3v) is 5.09. The number of ether oxygens (including phenoxy) is 1. The Morgan fingerprint density at radius 1 is 1.22 bits per heavy atom. The summed E-state index contributed by atoms with van der Waals surface area (Å²) in [6.07, 6.45) is 4.73. The molecule has 0 aliphatic heterocycles. The van der Waals surface area contributed by atoms with Crippen molar-refractivity contribution in [2.75, 3.05) is 18.6 Å². The standard InChI is InChI=1S/C20H24N4O2S/c1-14-7-8-16(12-15(14)2)26-13-19(25)21-17(9-11-27-3)20-23-22-18-6-4-5-10-24(18)20/h4-8,10,12,17H,9,11,13H2,1-3H3,(H,21,25). The molecule has 0 spiro atoms. The lowest BCUT2D eigenvalue weighted by Gasteiger charge is -2.17. The van der Waals surface area contributed by atoms with Crippen molar-refractivity contribution < 1.29 is 9.53 Å². The van der Waals surface area contributed by atoms with E-state index in [1.165, 1.54) is 5.56 Å². The highest BCUT2D eigenvalue weighted by Gasteiger charge is 2.20. The number of amides is 1. The largest absolute Gasteiger partial charge is 0.484 e.